The van der Waals surface area contributed by atoms with Gasteiger partial charge in [0.2, 0.25) is 0 Å². The van der Waals surface area contributed by atoms with Crippen molar-refractivity contribution in [1.29, 1.82) is 0 Å². The lowest BCUT2D eigenvalue weighted by atomic mass is 10.0. The van der Waals surface area contributed by atoms with Crippen LogP contribution < -0.4 is 5.73 Å². The Morgan fingerprint density at radius 1 is 1.20 bits per heavy atom. The van der Waals surface area contributed by atoms with Crippen LogP contribution in [-0.2, 0) is 6.42 Å². The van der Waals surface area contributed by atoms with E-state index in [0.717, 1.165) is 30.3 Å². The Labute approximate surface area is 131 Å². The number of rotatable bonds is 5. The number of halogens is 1. The summed E-state index contributed by atoms with van der Waals surface area (Å²) in [6, 6.07) is 10.7. The Morgan fingerprint density at radius 3 is 2.85 bits per heavy atom. The maximum atomic E-state index is 5.62. The van der Waals surface area contributed by atoms with Gasteiger partial charge >= 0.3 is 0 Å². The fourth-order valence-electron chi connectivity index (χ4n) is 2.56. The molecule has 0 saturated heterocycles. The van der Waals surface area contributed by atoms with Gasteiger partial charge in [-0.3, -0.25) is 0 Å². The summed E-state index contributed by atoms with van der Waals surface area (Å²) in [6.07, 6.45) is 3.28. The number of benzene rings is 1. The topological polar surface area (TPSA) is 41.8 Å². The summed E-state index contributed by atoms with van der Waals surface area (Å²) in [4.78, 5) is 4.88. The first-order valence-electron chi connectivity index (χ1n) is 6.83. The molecule has 0 aliphatic rings. The van der Waals surface area contributed by atoms with Crippen molar-refractivity contribution >= 4 is 38.2 Å². The van der Waals surface area contributed by atoms with Gasteiger partial charge < -0.3 is 10.7 Å². The monoisotopic (exact) mass is 348 g/mol. The summed E-state index contributed by atoms with van der Waals surface area (Å²) < 4.78 is 1.13. The first-order chi connectivity index (χ1) is 9.79. The summed E-state index contributed by atoms with van der Waals surface area (Å²) in [5.74, 6) is 0. The third kappa shape index (κ3) is 2.68. The number of unbranched alkanes of at least 4 members (excludes halogenated alkanes) is 1. The Bertz CT molecular complexity index is 701. The highest BCUT2D eigenvalue weighted by molar-refractivity contribution is 9.10. The number of hydrogen-bond acceptors (Lipinski definition) is 2. The van der Waals surface area contributed by atoms with Gasteiger partial charge in [0.05, 0.1) is 10.6 Å². The van der Waals surface area contributed by atoms with Crippen LogP contribution in [0, 0.1) is 0 Å². The predicted octanol–water partition coefficient (Wildman–Crippen LogP) is 4.94. The summed E-state index contributed by atoms with van der Waals surface area (Å²) >= 11 is 5.36. The van der Waals surface area contributed by atoms with E-state index in [1.165, 1.54) is 27.0 Å². The van der Waals surface area contributed by atoms with Crippen molar-refractivity contribution in [2.75, 3.05) is 6.54 Å². The fourth-order valence-corrected chi connectivity index (χ4v) is 3.67. The molecule has 4 heteroatoms. The van der Waals surface area contributed by atoms with Crippen LogP contribution in [0.2, 0.25) is 0 Å². The number of aromatic amines is 1. The SMILES string of the molecule is NCCCCc1c(-c2cccs2)[nH]c2ccc(Br)cc12. The smallest absolute Gasteiger partial charge is 0.0598 e. The average Bonchev–Trinajstić information content (AvgIpc) is 3.07. The quantitative estimate of drug-likeness (QED) is 0.630. The van der Waals surface area contributed by atoms with E-state index in [1.807, 2.05) is 0 Å². The van der Waals surface area contributed by atoms with E-state index in [2.05, 4.69) is 56.6 Å². The van der Waals surface area contributed by atoms with E-state index < -0.39 is 0 Å². The van der Waals surface area contributed by atoms with Crippen LogP contribution in [0.25, 0.3) is 21.5 Å². The lowest BCUT2D eigenvalue weighted by Crippen LogP contribution is -1.99. The molecule has 2 aromatic heterocycles. The number of nitrogens with two attached hydrogens (primary N) is 1. The first-order valence-corrected chi connectivity index (χ1v) is 8.51. The van der Waals surface area contributed by atoms with E-state index in [4.69, 9.17) is 5.73 Å². The van der Waals surface area contributed by atoms with Gasteiger partial charge in [-0.05, 0) is 61.0 Å². The average molecular weight is 349 g/mol. The molecular formula is C16H17BrN2S. The zero-order valence-electron chi connectivity index (χ0n) is 11.2. The third-order valence-corrected chi connectivity index (χ3v) is 4.90. The minimum atomic E-state index is 0.764. The molecule has 0 aliphatic heterocycles. The minimum Gasteiger partial charge on any atom is -0.354 e. The Balaban J connectivity index is 2.10. The number of hydrogen-bond donors (Lipinski definition) is 2. The molecule has 0 fully saturated rings. The standard InChI is InChI=1S/C16H17BrN2S/c17-11-6-7-14-13(10-11)12(4-1-2-8-18)16(19-14)15-5-3-9-20-15/h3,5-7,9-10,19H,1-2,4,8,18H2. The number of thiophene rings is 1. The van der Waals surface area contributed by atoms with Crippen LogP contribution in [0.1, 0.15) is 18.4 Å². The van der Waals surface area contributed by atoms with Crippen molar-refractivity contribution in [3.8, 4) is 10.6 Å². The Morgan fingerprint density at radius 2 is 2.10 bits per heavy atom. The summed E-state index contributed by atoms with van der Waals surface area (Å²) in [5, 5.41) is 3.44. The van der Waals surface area contributed by atoms with Crippen molar-refractivity contribution in [2.24, 2.45) is 5.73 Å². The van der Waals surface area contributed by atoms with Gasteiger partial charge in [-0.25, -0.2) is 0 Å². The molecule has 0 spiro atoms. The summed E-state index contributed by atoms with van der Waals surface area (Å²) in [5.41, 5.74) is 9.51. The first kappa shape index (κ1) is 13.9. The summed E-state index contributed by atoms with van der Waals surface area (Å²) in [7, 11) is 0. The molecule has 0 saturated carbocycles. The highest BCUT2D eigenvalue weighted by Crippen LogP contribution is 2.35. The number of nitrogens with one attached hydrogen (secondary N) is 1. The molecule has 0 amide bonds. The number of fused-ring (bicyclic) bond motifs is 1. The van der Waals surface area contributed by atoms with Gasteiger partial charge in [-0.15, -0.1) is 11.3 Å². The van der Waals surface area contributed by atoms with Crippen LogP contribution in [0.15, 0.2) is 40.2 Å². The molecule has 1 aromatic carbocycles. The predicted molar refractivity (Wildman–Crippen MR) is 91.3 cm³/mol. The van der Waals surface area contributed by atoms with Crippen LogP contribution in [-0.4, -0.2) is 11.5 Å². The van der Waals surface area contributed by atoms with Crippen LogP contribution in [0.4, 0.5) is 0 Å². The molecule has 0 atom stereocenters. The fraction of sp³-hybridized carbons (Fsp3) is 0.250. The number of H-pyrrole nitrogens is 1. The second-order valence-electron chi connectivity index (χ2n) is 4.89. The van der Waals surface area contributed by atoms with E-state index in [-0.39, 0.29) is 0 Å². The molecule has 0 bridgehead atoms. The molecule has 104 valence electrons. The number of aryl methyl sites for hydroxylation is 1. The van der Waals surface area contributed by atoms with Gasteiger partial charge in [-0.2, -0.15) is 0 Å². The Hall–Kier alpha value is -1.10. The number of aromatic nitrogens is 1. The van der Waals surface area contributed by atoms with Crippen LogP contribution in [0.5, 0.6) is 0 Å². The molecule has 2 nitrogen and oxygen atoms in total. The molecule has 3 aromatic rings. The van der Waals surface area contributed by atoms with E-state index in [9.17, 15) is 0 Å². The second kappa shape index (κ2) is 6.12. The highest BCUT2D eigenvalue weighted by atomic mass is 79.9. The largest absolute Gasteiger partial charge is 0.354 e. The van der Waals surface area contributed by atoms with Crippen LogP contribution in [0.3, 0.4) is 0 Å². The van der Waals surface area contributed by atoms with Crippen molar-refractivity contribution in [3.05, 3.63) is 45.7 Å². The minimum absolute atomic E-state index is 0.764. The highest BCUT2D eigenvalue weighted by Gasteiger charge is 2.13. The van der Waals surface area contributed by atoms with Gasteiger partial charge in [0.1, 0.15) is 0 Å². The van der Waals surface area contributed by atoms with Gasteiger partial charge in [-0.1, -0.05) is 22.0 Å². The van der Waals surface area contributed by atoms with Gasteiger partial charge in [0.15, 0.2) is 0 Å². The van der Waals surface area contributed by atoms with Gasteiger partial charge in [0.25, 0.3) is 0 Å². The third-order valence-electron chi connectivity index (χ3n) is 3.52. The molecule has 0 aliphatic carbocycles. The maximum absolute atomic E-state index is 5.62. The molecule has 0 radical (unpaired) electrons. The zero-order chi connectivity index (χ0) is 13.9. The molecule has 20 heavy (non-hydrogen) atoms. The van der Waals surface area contributed by atoms with Crippen molar-refractivity contribution in [2.45, 2.75) is 19.3 Å². The molecule has 2 heterocycles. The van der Waals surface area contributed by atoms with Crippen molar-refractivity contribution in [3.63, 3.8) is 0 Å². The summed E-state index contributed by atoms with van der Waals surface area (Å²) in [6.45, 7) is 0.764. The second-order valence-corrected chi connectivity index (χ2v) is 6.75. The maximum Gasteiger partial charge on any atom is 0.0598 e. The van der Waals surface area contributed by atoms with Gasteiger partial charge in [0, 0.05) is 15.4 Å². The molecule has 0 unspecified atom stereocenters. The Kier molecular flexibility index (Phi) is 4.24. The van der Waals surface area contributed by atoms with E-state index in [1.54, 1.807) is 11.3 Å². The van der Waals surface area contributed by atoms with Crippen molar-refractivity contribution < 1.29 is 0 Å². The van der Waals surface area contributed by atoms with Crippen molar-refractivity contribution in [1.82, 2.24) is 4.98 Å². The molecule has 3 N–H and O–H groups in total. The normalized spacial score (nSPS) is 11.3. The molecular weight excluding hydrogens is 332 g/mol. The van der Waals surface area contributed by atoms with E-state index >= 15 is 0 Å². The molecule has 3 rings (SSSR count). The lowest BCUT2D eigenvalue weighted by molar-refractivity contribution is 0.748. The zero-order valence-corrected chi connectivity index (χ0v) is 13.6. The van der Waals surface area contributed by atoms with Crippen LogP contribution >= 0.6 is 27.3 Å². The van der Waals surface area contributed by atoms with E-state index in [0.29, 0.717) is 0 Å². The lowest BCUT2D eigenvalue weighted by Gasteiger charge is -2.03.